The van der Waals surface area contributed by atoms with E-state index >= 15 is 0 Å². The SMILES string of the molecule is CN(C)c1cccc(-c2nc(-c3cccc(C(=O)O)c3)no2)c1. The van der Waals surface area contributed by atoms with Crippen molar-refractivity contribution in [1.82, 2.24) is 10.1 Å². The van der Waals surface area contributed by atoms with E-state index in [0.29, 0.717) is 17.3 Å². The van der Waals surface area contributed by atoms with E-state index in [1.54, 1.807) is 12.1 Å². The monoisotopic (exact) mass is 309 g/mol. The van der Waals surface area contributed by atoms with E-state index < -0.39 is 5.97 Å². The third kappa shape index (κ3) is 3.06. The molecule has 116 valence electrons. The number of anilines is 1. The zero-order chi connectivity index (χ0) is 16.4. The Hall–Kier alpha value is -3.15. The molecule has 0 saturated carbocycles. The van der Waals surface area contributed by atoms with Gasteiger partial charge in [-0.1, -0.05) is 23.4 Å². The van der Waals surface area contributed by atoms with Crippen molar-refractivity contribution in [2.45, 2.75) is 0 Å². The van der Waals surface area contributed by atoms with E-state index in [1.165, 1.54) is 12.1 Å². The first-order valence-corrected chi connectivity index (χ1v) is 7.00. The lowest BCUT2D eigenvalue weighted by molar-refractivity contribution is 0.0697. The van der Waals surface area contributed by atoms with Crippen molar-refractivity contribution in [3.8, 4) is 22.8 Å². The van der Waals surface area contributed by atoms with Gasteiger partial charge in [0.15, 0.2) is 0 Å². The van der Waals surface area contributed by atoms with E-state index in [4.69, 9.17) is 9.63 Å². The number of aromatic nitrogens is 2. The van der Waals surface area contributed by atoms with Crippen molar-refractivity contribution in [2.75, 3.05) is 19.0 Å². The molecular weight excluding hydrogens is 294 g/mol. The van der Waals surface area contributed by atoms with Gasteiger partial charge >= 0.3 is 5.97 Å². The molecule has 3 aromatic rings. The zero-order valence-corrected chi connectivity index (χ0v) is 12.7. The number of nitrogens with zero attached hydrogens (tertiary/aromatic N) is 3. The molecule has 0 fully saturated rings. The summed E-state index contributed by atoms with van der Waals surface area (Å²) >= 11 is 0. The number of carboxylic acids is 1. The molecule has 1 aromatic heterocycles. The molecule has 3 rings (SSSR count). The van der Waals surface area contributed by atoms with Crippen LogP contribution in [0.1, 0.15) is 10.4 Å². The minimum absolute atomic E-state index is 0.184. The van der Waals surface area contributed by atoms with Crippen LogP contribution in [-0.2, 0) is 0 Å². The van der Waals surface area contributed by atoms with Crippen LogP contribution >= 0.6 is 0 Å². The van der Waals surface area contributed by atoms with Crippen molar-refractivity contribution in [2.24, 2.45) is 0 Å². The number of benzene rings is 2. The van der Waals surface area contributed by atoms with Gasteiger partial charge in [-0.3, -0.25) is 0 Å². The smallest absolute Gasteiger partial charge is 0.335 e. The van der Waals surface area contributed by atoms with Crippen LogP contribution < -0.4 is 4.90 Å². The minimum atomic E-state index is -0.991. The Kier molecular flexibility index (Phi) is 3.80. The fourth-order valence-corrected chi connectivity index (χ4v) is 2.17. The molecule has 0 aliphatic heterocycles. The quantitative estimate of drug-likeness (QED) is 0.797. The number of hydrogen-bond donors (Lipinski definition) is 1. The number of carbonyl (C=O) groups is 1. The topological polar surface area (TPSA) is 79.5 Å². The molecule has 0 unspecified atom stereocenters. The molecule has 6 heteroatoms. The molecule has 0 saturated heterocycles. The van der Waals surface area contributed by atoms with E-state index in [1.807, 2.05) is 43.3 Å². The lowest BCUT2D eigenvalue weighted by Gasteiger charge is -2.12. The van der Waals surface area contributed by atoms with Crippen molar-refractivity contribution in [3.05, 3.63) is 54.1 Å². The average Bonchev–Trinajstić information content (AvgIpc) is 3.05. The minimum Gasteiger partial charge on any atom is -0.478 e. The highest BCUT2D eigenvalue weighted by molar-refractivity contribution is 5.89. The third-order valence-corrected chi connectivity index (χ3v) is 3.40. The van der Waals surface area contributed by atoms with Gasteiger partial charge in [-0.2, -0.15) is 4.98 Å². The van der Waals surface area contributed by atoms with Gasteiger partial charge < -0.3 is 14.5 Å². The molecule has 1 N–H and O–H groups in total. The first-order valence-electron chi connectivity index (χ1n) is 7.00. The fourth-order valence-electron chi connectivity index (χ4n) is 2.17. The summed E-state index contributed by atoms with van der Waals surface area (Å²) in [6.07, 6.45) is 0. The summed E-state index contributed by atoms with van der Waals surface area (Å²) in [5, 5.41) is 13.0. The molecule has 6 nitrogen and oxygen atoms in total. The van der Waals surface area contributed by atoms with Crippen molar-refractivity contribution >= 4 is 11.7 Å². The second-order valence-corrected chi connectivity index (χ2v) is 5.25. The first kappa shape index (κ1) is 14.8. The van der Waals surface area contributed by atoms with Crippen LogP contribution in [-0.4, -0.2) is 35.3 Å². The number of carboxylic acid groups (broad SMARTS) is 1. The number of rotatable bonds is 4. The van der Waals surface area contributed by atoms with Gasteiger partial charge in [0.05, 0.1) is 5.56 Å². The second kappa shape index (κ2) is 5.92. The molecule has 0 aliphatic carbocycles. The highest BCUT2D eigenvalue weighted by Crippen LogP contribution is 2.25. The van der Waals surface area contributed by atoms with Gasteiger partial charge in [-0.05, 0) is 30.3 Å². The van der Waals surface area contributed by atoms with Gasteiger partial charge in [-0.25, -0.2) is 4.79 Å². The van der Waals surface area contributed by atoms with Crippen LogP contribution in [0.2, 0.25) is 0 Å². The van der Waals surface area contributed by atoms with Crippen LogP contribution in [0.3, 0.4) is 0 Å². The second-order valence-electron chi connectivity index (χ2n) is 5.25. The maximum Gasteiger partial charge on any atom is 0.335 e. The van der Waals surface area contributed by atoms with E-state index in [-0.39, 0.29) is 5.56 Å². The third-order valence-electron chi connectivity index (χ3n) is 3.40. The summed E-state index contributed by atoms with van der Waals surface area (Å²) in [6.45, 7) is 0. The lowest BCUT2D eigenvalue weighted by atomic mass is 10.1. The zero-order valence-electron chi connectivity index (χ0n) is 12.7. The van der Waals surface area contributed by atoms with Gasteiger partial charge in [0.1, 0.15) is 0 Å². The Morgan fingerprint density at radius 1 is 1.09 bits per heavy atom. The summed E-state index contributed by atoms with van der Waals surface area (Å²) in [5.74, 6) is -0.239. The molecule has 0 radical (unpaired) electrons. The molecule has 23 heavy (non-hydrogen) atoms. The largest absolute Gasteiger partial charge is 0.478 e. The van der Waals surface area contributed by atoms with Gasteiger partial charge in [0, 0.05) is 30.9 Å². The highest BCUT2D eigenvalue weighted by Gasteiger charge is 2.13. The summed E-state index contributed by atoms with van der Waals surface area (Å²) in [7, 11) is 3.91. The predicted molar refractivity (Wildman–Crippen MR) is 86.5 cm³/mol. The Bertz CT molecular complexity index is 856. The Balaban J connectivity index is 1.96. The van der Waals surface area contributed by atoms with Crippen molar-refractivity contribution in [3.63, 3.8) is 0 Å². The summed E-state index contributed by atoms with van der Waals surface area (Å²) in [5.41, 5.74) is 2.62. The highest BCUT2D eigenvalue weighted by atomic mass is 16.5. The van der Waals surface area contributed by atoms with Crippen LogP contribution in [0.25, 0.3) is 22.8 Å². The average molecular weight is 309 g/mol. The van der Waals surface area contributed by atoms with Gasteiger partial charge in [-0.15, -0.1) is 0 Å². The van der Waals surface area contributed by atoms with Crippen LogP contribution in [0.4, 0.5) is 5.69 Å². The van der Waals surface area contributed by atoms with Gasteiger partial charge in [0.2, 0.25) is 5.82 Å². The molecule has 2 aromatic carbocycles. The molecule has 1 heterocycles. The number of aromatic carboxylic acids is 1. The van der Waals surface area contributed by atoms with Crippen LogP contribution in [0.15, 0.2) is 53.1 Å². The van der Waals surface area contributed by atoms with E-state index in [9.17, 15) is 4.79 Å². The standard InChI is InChI=1S/C17H15N3O3/c1-20(2)14-8-4-6-12(10-14)16-18-15(19-23-16)11-5-3-7-13(9-11)17(21)22/h3-10H,1-2H3,(H,21,22). The van der Waals surface area contributed by atoms with E-state index in [2.05, 4.69) is 10.1 Å². The van der Waals surface area contributed by atoms with Crippen molar-refractivity contribution < 1.29 is 14.4 Å². The molecular formula is C17H15N3O3. The Morgan fingerprint density at radius 3 is 2.57 bits per heavy atom. The molecule has 0 amide bonds. The summed E-state index contributed by atoms with van der Waals surface area (Å²) in [6, 6.07) is 14.2. The molecule has 0 bridgehead atoms. The van der Waals surface area contributed by atoms with E-state index in [0.717, 1.165) is 11.3 Å². The Morgan fingerprint density at radius 2 is 1.83 bits per heavy atom. The number of hydrogen-bond acceptors (Lipinski definition) is 5. The maximum absolute atomic E-state index is 11.0. The summed E-state index contributed by atoms with van der Waals surface area (Å²) in [4.78, 5) is 17.4. The normalized spacial score (nSPS) is 10.5. The molecule has 0 spiro atoms. The first-order chi connectivity index (χ1) is 11.0. The Labute approximate surface area is 133 Å². The predicted octanol–water partition coefficient (Wildman–Crippen LogP) is 3.17. The lowest BCUT2D eigenvalue weighted by Crippen LogP contribution is -2.08. The summed E-state index contributed by atoms with van der Waals surface area (Å²) < 4.78 is 5.31. The maximum atomic E-state index is 11.0. The van der Waals surface area contributed by atoms with Crippen LogP contribution in [0, 0.1) is 0 Å². The van der Waals surface area contributed by atoms with Crippen molar-refractivity contribution in [1.29, 1.82) is 0 Å². The van der Waals surface area contributed by atoms with Crippen LogP contribution in [0.5, 0.6) is 0 Å². The fraction of sp³-hybridized carbons (Fsp3) is 0.118. The molecule has 0 atom stereocenters. The van der Waals surface area contributed by atoms with Gasteiger partial charge in [0.25, 0.3) is 5.89 Å². The molecule has 0 aliphatic rings.